The van der Waals surface area contributed by atoms with Gasteiger partial charge in [-0.25, -0.2) is 0 Å². The smallest absolute Gasteiger partial charge is 0.232 e. The number of aromatic amines is 1. The van der Waals surface area contributed by atoms with Crippen molar-refractivity contribution in [1.29, 1.82) is 0 Å². The van der Waals surface area contributed by atoms with Crippen LogP contribution in [0.1, 0.15) is 37.9 Å². The summed E-state index contributed by atoms with van der Waals surface area (Å²) in [7, 11) is 0. The Hall–Kier alpha value is -3.41. The van der Waals surface area contributed by atoms with Gasteiger partial charge < -0.3 is 14.8 Å². The minimum atomic E-state index is -0.195. The van der Waals surface area contributed by atoms with E-state index in [1.807, 2.05) is 76.2 Å². The average molecular weight is 388 g/mol. The van der Waals surface area contributed by atoms with Crippen molar-refractivity contribution >= 4 is 22.5 Å². The number of anilines is 1. The molecule has 0 radical (unpaired) electrons. The molecule has 6 nitrogen and oxygen atoms in total. The Balaban J connectivity index is 1.46. The quantitative estimate of drug-likeness (QED) is 0.515. The maximum atomic E-state index is 12.6. The van der Waals surface area contributed by atoms with Gasteiger partial charge in [0.2, 0.25) is 17.6 Å². The van der Waals surface area contributed by atoms with Crippen molar-refractivity contribution in [1.82, 2.24) is 15.1 Å². The number of aryl methyl sites for hydroxylation is 1. The normalized spacial score (nSPS) is 11.7. The van der Waals surface area contributed by atoms with E-state index in [4.69, 9.17) is 4.52 Å². The lowest BCUT2D eigenvalue weighted by Crippen LogP contribution is -2.14. The molecule has 2 heterocycles. The lowest BCUT2D eigenvalue weighted by Gasteiger charge is -2.10. The van der Waals surface area contributed by atoms with E-state index in [0.29, 0.717) is 18.1 Å². The number of amides is 1. The number of nitrogens with zero attached hydrogens (tertiary/aromatic N) is 2. The van der Waals surface area contributed by atoms with E-state index in [1.54, 1.807) is 0 Å². The van der Waals surface area contributed by atoms with Gasteiger partial charge >= 0.3 is 0 Å². The number of aromatic nitrogens is 3. The highest BCUT2D eigenvalue weighted by molar-refractivity contribution is 5.96. The Labute approximate surface area is 169 Å². The number of carbonyl (C=O) groups excluding carboxylic acids is 1. The van der Waals surface area contributed by atoms with Gasteiger partial charge in [0.1, 0.15) is 0 Å². The van der Waals surface area contributed by atoms with Crippen LogP contribution in [0.15, 0.2) is 53.1 Å². The summed E-state index contributed by atoms with van der Waals surface area (Å²) in [5.74, 6) is 1.08. The summed E-state index contributed by atoms with van der Waals surface area (Å²) in [6.07, 6.45) is 0.317. The third kappa shape index (κ3) is 3.92. The molecule has 2 N–H and O–H groups in total. The summed E-state index contributed by atoms with van der Waals surface area (Å²) in [6.45, 7) is 8.07. The summed E-state index contributed by atoms with van der Waals surface area (Å²) >= 11 is 0. The molecule has 0 aliphatic rings. The van der Waals surface area contributed by atoms with Crippen LogP contribution in [0.3, 0.4) is 0 Å². The van der Waals surface area contributed by atoms with Crippen LogP contribution in [0, 0.1) is 6.92 Å². The third-order valence-electron chi connectivity index (χ3n) is 4.86. The molecule has 0 saturated heterocycles. The summed E-state index contributed by atoms with van der Waals surface area (Å²) < 4.78 is 5.35. The first-order valence-electron chi connectivity index (χ1n) is 9.62. The lowest BCUT2D eigenvalue weighted by atomic mass is 9.97. The zero-order valence-corrected chi connectivity index (χ0v) is 17.0. The number of carbonyl (C=O) groups is 1. The molecule has 0 fully saturated rings. The standard InChI is InChI=1S/C23H24N4O2/c1-14-18(17-7-5-6-8-19(17)24-14)13-20(28)25-16-11-9-15(10-12-16)21-26-22(29-27-21)23(2,3)4/h5-12,24H,13H2,1-4H3,(H,25,28). The zero-order valence-electron chi connectivity index (χ0n) is 17.0. The first kappa shape index (κ1) is 18.9. The van der Waals surface area contributed by atoms with Crippen molar-refractivity contribution in [2.24, 2.45) is 0 Å². The third-order valence-corrected chi connectivity index (χ3v) is 4.86. The largest absolute Gasteiger partial charge is 0.358 e. The number of hydrogen-bond donors (Lipinski definition) is 2. The molecular weight excluding hydrogens is 364 g/mol. The molecule has 4 aromatic rings. The zero-order chi connectivity index (χ0) is 20.6. The predicted molar refractivity (Wildman–Crippen MR) is 114 cm³/mol. The predicted octanol–water partition coefficient (Wildman–Crippen LogP) is 5.01. The molecule has 4 rings (SSSR count). The molecule has 2 aromatic carbocycles. The van der Waals surface area contributed by atoms with Gasteiger partial charge in [0.25, 0.3) is 0 Å². The van der Waals surface area contributed by atoms with Crippen molar-refractivity contribution in [3.05, 3.63) is 65.7 Å². The minimum absolute atomic E-state index is 0.0554. The van der Waals surface area contributed by atoms with Crippen LogP contribution in [0.25, 0.3) is 22.3 Å². The van der Waals surface area contributed by atoms with Gasteiger partial charge in [0, 0.05) is 33.3 Å². The van der Waals surface area contributed by atoms with Crippen molar-refractivity contribution < 1.29 is 9.32 Å². The van der Waals surface area contributed by atoms with E-state index in [9.17, 15) is 4.79 Å². The molecule has 6 heteroatoms. The average Bonchev–Trinajstić information content (AvgIpc) is 3.28. The molecule has 0 unspecified atom stereocenters. The van der Waals surface area contributed by atoms with Gasteiger partial charge in [-0.15, -0.1) is 0 Å². The number of hydrogen-bond acceptors (Lipinski definition) is 4. The highest BCUT2D eigenvalue weighted by Gasteiger charge is 2.22. The van der Waals surface area contributed by atoms with E-state index in [2.05, 4.69) is 20.4 Å². The fourth-order valence-corrected chi connectivity index (χ4v) is 3.28. The monoisotopic (exact) mass is 388 g/mol. The van der Waals surface area contributed by atoms with Gasteiger partial charge in [0.05, 0.1) is 6.42 Å². The van der Waals surface area contributed by atoms with Gasteiger partial charge in [-0.05, 0) is 42.8 Å². The molecule has 0 saturated carbocycles. The number of benzene rings is 2. The maximum absolute atomic E-state index is 12.6. The van der Waals surface area contributed by atoms with E-state index in [0.717, 1.165) is 33.4 Å². The molecule has 0 aliphatic heterocycles. The summed E-state index contributed by atoms with van der Waals surface area (Å²) in [4.78, 5) is 20.4. The Morgan fingerprint density at radius 2 is 1.83 bits per heavy atom. The number of para-hydroxylation sites is 1. The number of H-pyrrole nitrogens is 1. The number of fused-ring (bicyclic) bond motifs is 1. The molecular formula is C23H24N4O2. The second-order valence-electron chi connectivity index (χ2n) is 8.25. The molecule has 1 amide bonds. The van der Waals surface area contributed by atoms with Crippen LogP contribution in [-0.4, -0.2) is 21.0 Å². The van der Waals surface area contributed by atoms with Gasteiger partial charge in [0.15, 0.2) is 0 Å². The fourth-order valence-electron chi connectivity index (χ4n) is 3.28. The van der Waals surface area contributed by atoms with Crippen LogP contribution in [0.2, 0.25) is 0 Å². The van der Waals surface area contributed by atoms with Crippen LogP contribution in [0.5, 0.6) is 0 Å². The van der Waals surface area contributed by atoms with E-state index >= 15 is 0 Å². The summed E-state index contributed by atoms with van der Waals surface area (Å²) in [5, 5.41) is 8.10. The molecule has 0 aliphatic carbocycles. The Morgan fingerprint density at radius 1 is 1.10 bits per heavy atom. The maximum Gasteiger partial charge on any atom is 0.232 e. The highest BCUT2D eigenvalue weighted by atomic mass is 16.5. The SMILES string of the molecule is Cc1[nH]c2ccccc2c1CC(=O)Nc1ccc(-c2noc(C(C)(C)C)n2)cc1. The van der Waals surface area contributed by atoms with Gasteiger partial charge in [-0.3, -0.25) is 4.79 Å². The molecule has 0 atom stereocenters. The summed E-state index contributed by atoms with van der Waals surface area (Å²) in [5.41, 5.74) is 4.47. The minimum Gasteiger partial charge on any atom is -0.358 e. The summed E-state index contributed by atoms with van der Waals surface area (Å²) in [6, 6.07) is 15.5. The Bertz CT molecular complexity index is 1160. The first-order valence-corrected chi connectivity index (χ1v) is 9.62. The van der Waals surface area contributed by atoms with Crippen LogP contribution in [-0.2, 0) is 16.6 Å². The molecule has 29 heavy (non-hydrogen) atoms. The fraction of sp³-hybridized carbons (Fsp3) is 0.261. The second-order valence-corrected chi connectivity index (χ2v) is 8.25. The van der Waals surface area contributed by atoms with Crippen molar-refractivity contribution in [3.63, 3.8) is 0 Å². The van der Waals surface area contributed by atoms with E-state index < -0.39 is 0 Å². The van der Waals surface area contributed by atoms with Crippen molar-refractivity contribution in [3.8, 4) is 11.4 Å². The van der Waals surface area contributed by atoms with E-state index in [-0.39, 0.29) is 11.3 Å². The van der Waals surface area contributed by atoms with Crippen molar-refractivity contribution in [2.45, 2.75) is 39.5 Å². The Kier molecular flexibility index (Phi) is 4.70. The molecule has 148 valence electrons. The van der Waals surface area contributed by atoms with Gasteiger partial charge in [-0.1, -0.05) is 44.1 Å². The molecule has 2 aromatic heterocycles. The molecule has 0 spiro atoms. The second kappa shape index (κ2) is 7.20. The highest BCUT2D eigenvalue weighted by Crippen LogP contribution is 2.25. The lowest BCUT2D eigenvalue weighted by molar-refractivity contribution is -0.115. The topological polar surface area (TPSA) is 83.8 Å². The van der Waals surface area contributed by atoms with Crippen LogP contribution in [0.4, 0.5) is 5.69 Å². The van der Waals surface area contributed by atoms with Crippen LogP contribution < -0.4 is 5.32 Å². The van der Waals surface area contributed by atoms with Crippen molar-refractivity contribution in [2.75, 3.05) is 5.32 Å². The number of rotatable bonds is 4. The first-order chi connectivity index (χ1) is 13.8. The number of nitrogens with one attached hydrogen (secondary N) is 2. The van der Waals surface area contributed by atoms with Gasteiger partial charge in [-0.2, -0.15) is 4.98 Å². The van der Waals surface area contributed by atoms with Crippen LogP contribution >= 0.6 is 0 Å². The Morgan fingerprint density at radius 3 is 2.52 bits per heavy atom. The van der Waals surface area contributed by atoms with E-state index in [1.165, 1.54) is 0 Å². The molecule has 0 bridgehead atoms.